The number of halogens is 1. The summed E-state index contributed by atoms with van der Waals surface area (Å²) in [6, 6.07) is 13.2. The van der Waals surface area contributed by atoms with E-state index in [0.29, 0.717) is 36.0 Å². The van der Waals surface area contributed by atoms with E-state index in [1.54, 1.807) is 14.2 Å². The largest absolute Gasteiger partial charge is 0.493 e. The Balaban J connectivity index is 1.53. The smallest absolute Gasteiger partial charge is 0.227 e. The Morgan fingerprint density at radius 2 is 2.00 bits per heavy atom. The summed E-state index contributed by atoms with van der Waals surface area (Å²) in [6.07, 6.45) is 1.06. The number of benzene rings is 2. The molecule has 1 aliphatic rings. The average Bonchev–Trinajstić information content (AvgIpc) is 3.17. The number of aromatic nitrogens is 2. The van der Waals surface area contributed by atoms with E-state index in [9.17, 15) is 4.79 Å². The van der Waals surface area contributed by atoms with Gasteiger partial charge >= 0.3 is 0 Å². The summed E-state index contributed by atoms with van der Waals surface area (Å²) in [5.41, 5.74) is 4.82. The highest BCUT2D eigenvalue weighted by Crippen LogP contribution is 2.31. The van der Waals surface area contributed by atoms with Gasteiger partial charge in [0.25, 0.3) is 0 Å². The number of hydrogen-bond donors (Lipinski definition) is 1. The number of carbonyl (C=O) groups is 1. The molecule has 29 heavy (non-hydrogen) atoms. The first-order valence-corrected chi connectivity index (χ1v) is 9.77. The molecular formula is C22H22ClN3O3. The molecule has 0 saturated heterocycles. The molecule has 4 rings (SSSR count). The van der Waals surface area contributed by atoms with Crippen LogP contribution >= 0.6 is 11.6 Å². The number of nitrogens with one attached hydrogen (secondary N) is 1. The molecule has 0 bridgehead atoms. The molecule has 0 fully saturated rings. The second-order valence-electron chi connectivity index (χ2n) is 6.97. The first-order valence-electron chi connectivity index (χ1n) is 9.39. The van der Waals surface area contributed by atoms with Crippen LogP contribution in [0.2, 0.25) is 5.02 Å². The lowest BCUT2D eigenvalue weighted by molar-refractivity contribution is -0.131. The van der Waals surface area contributed by atoms with Gasteiger partial charge in [-0.3, -0.25) is 9.89 Å². The van der Waals surface area contributed by atoms with E-state index in [-0.39, 0.29) is 5.91 Å². The Morgan fingerprint density at radius 1 is 1.17 bits per heavy atom. The highest BCUT2D eigenvalue weighted by atomic mass is 35.5. The van der Waals surface area contributed by atoms with Crippen molar-refractivity contribution >= 4 is 17.5 Å². The van der Waals surface area contributed by atoms with E-state index in [4.69, 9.17) is 21.1 Å². The summed E-state index contributed by atoms with van der Waals surface area (Å²) in [5.74, 6) is 1.34. The summed E-state index contributed by atoms with van der Waals surface area (Å²) < 4.78 is 10.6. The molecule has 1 N–H and O–H groups in total. The second kappa shape index (κ2) is 8.17. The molecule has 0 spiro atoms. The Hall–Kier alpha value is -2.99. The normalized spacial score (nSPS) is 13.1. The van der Waals surface area contributed by atoms with Gasteiger partial charge in [0.2, 0.25) is 5.91 Å². The highest BCUT2D eigenvalue weighted by Gasteiger charge is 2.26. The molecule has 150 valence electrons. The van der Waals surface area contributed by atoms with Crippen LogP contribution in [0.5, 0.6) is 11.5 Å². The molecule has 0 atom stereocenters. The van der Waals surface area contributed by atoms with Crippen LogP contribution in [0.25, 0.3) is 11.3 Å². The molecule has 1 aliphatic heterocycles. The topological polar surface area (TPSA) is 67.5 Å². The van der Waals surface area contributed by atoms with Crippen molar-refractivity contribution in [2.45, 2.75) is 19.4 Å². The van der Waals surface area contributed by atoms with E-state index >= 15 is 0 Å². The standard InChI is InChI=1S/C22H22ClN3O3/c1-28-19-7-6-14(10-20(19)29-2)11-21(27)26-9-8-18-17(13-26)22(25-24-18)15-4-3-5-16(23)12-15/h3-7,10,12H,8-9,11,13H2,1-2H3,(H,24,25). The minimum absolute atomic E-state index is 0.0705. The van der Waals surface area contributed by atoms with Gasteiger partial charge in [0, 0.05) is 41.4 Å². The van der Waals surface area contributed by atoms with Crippen LogP contribution < -0.4 is 9.47 Å². The SMILES string of the molecule is COc1ccc(CC(=O)N2CCc3[nH]nc(-c4cccc(Cl)c4)c3C2)cc1OC. The zero-order valence-corrected chi connectivity index (χ0v) is 17.1. The highest BCUT2D eigenvalue weighted by molar-refractivity contribution is 6.30. The van der Waals surface area contributed by atoms with Crippen molar-refractivity contribution in [2.24, 2.45) is 0 Å². The van der Waals surface area contributed by atoms with Gasteiger partial charge in [-0.1, -0.05) is 29.8 Å². The first kappa shape index (κ1) is 19.3. The van der Waals surface area contributed by atoms with Gasteiger partial charge in [0.05, 0.1) is 26.3 Å². The summed E-state index contributed by atoms with van der Waals surface area (Å²) in [6.45, 7) is 1.19. The quantitative estimate of drug-likeness (QED) is 0.692. The molecule has 0 aliphatic carbocycles. The molecule has 1 aromatic heterocycles. The fraction of sp³-hybridized carbons (Fsp3) is 0.273. The lowest BCUT2D eigenvalue weighted by Gasteiger charge is -2.27. The Morgan fingerprint density at radius 3 is 2.76 bits per heavy atom. The maximum atomic E-state index is 13.0. The Labute approximate surface area is 174 Å². The molecule has 2 heterocycles. The number of aromatic amines is 1. The second-order valence-corrected chi connectivity index (χ2v) is 7.41. The number of amides is 1. The summed E-state index contributed by atoms with van der Waals surface area (Å²) in [7, 11) is 3.18. The molecule has 6 nitrogen and oxygen atoms in total. The maximum Gasteiger partial charge on any atom is 0.227 e. The number of ether oxygens (including phenoxy) is 2. The maximum absolute atomic E-state index is 13.0. The third kappa shape index (κ3) is 3.93. The fourth-order valence-electron chi connectivity index (χ4n) is 3.66. The van der Waals surface area contributed by atoms with Gasteiger partial charge in [0.1, 0.15) is 0 Å². The van der Waals surface area contributed by atoms with E-state index in [1.165, 1.54) is 0 Å². The van der Waals surface area contributed by atoms with Crippen LogP contribution in [-0.4, -0.2) is 41.8 Å². The molecule has 2 aromatic carbocycles. The predicted octanol–water partition coefficient (Wildman–Crippen LogP) is 3.87. The first-order chi connectivity index (χ1) is 14.1. The van der Waals surface area contributed by atoms with Gasteiger partial charge in [-0.05, 0) is 29.8 Å². The summed E-state index contributed by atoms with van der Waals surface area (Å²) >= 11 is 6.14. The van der Waals surface area contributed by atoms with E-state index in [2.05, 4.69) is 10.2 Å². The summed E-state index contributed by atoms with van der Waals surface area (Å²) in [5, 5.41) is 8.26. The van der Waals surface area contributed by atoms with Crippen molar-refractivity contribution in [3.05, 3.63) is 64.3 Å². The molecule has 7 heteroatoms. The Kier molecular flexibility index (Phi) is 5.45. The van der Waals surface area contributed by atoms with Crippen molar-refractivity contribution < 1.29 is 14.3 Å². The number of nitrogens with zero attached hydrogens (tertiary/aromatic N) is 2. The third-order valence-corrected chi connectivity index (χ3v) is 5.42. The monoisotopic (exact) mass is 411 g/mol. The van der Waals surface area contributed by atoms with Crippen LogP contribution in [0, 0.1) is 0 Å². The zero-order chi connectivity index (χ0) is 20.4. The third-order valence-electron chi connectivity index (χ3n) is 5.19. The average molecular weight is 412 g/mol. The van der Waals surface area contributed by atoms with Gasteiger partial charge in [-0.2, -0.15) is 5.10 Å². The van der Waals surface area contributed by atoms with Crippen LogP contribution in [0.4, 0.5) is 0 Å². The van der Waals surface area contributed by atoms with E-state index in [1.807, 2.05) is 47.4 Å². The molecule has 0 radical (unpaired) electrons. The lowest BCUT2D eigenvalue weighted by atomic mass is 10.0. The molecule has 0 unspecified atom stereocenters. The molecule has 3 aromatic rings. The lowest BCUT2D eigenvalue weighted by Crippen LogP contribution is -2.36. The summed E-state index contributed by atoms with van der Waals surface area (Å²) in [4.78, 5) is 14.8. The molecular weight excluding hydrogens is 390 g/mol. The number of H-pyrrole nitrogens is 1. The number of methoxy groups -OCH3 is 2. The van der Waals surface area contributed by atoms with Crippen LogP contribution in [-0.2, 0) is 24.2 Å². The van der Waals surface area contributed by atoms with Crippen molar-refractivity contribution in [1.29, 1.82) is 0 Å². The number of carbonyl (C=O) groups excluding carboxylic acids is 1. The van der Waals surface area contributed by atoms with E-state index in [0.717, 1.165) is 34.5 Å². The number of hydrogen-bond acceptors (Lipinski definition) is 4. The molecule has 1 amide bonds. The van der Waals surface area contributed by atoms with Crippen molar-refractivity contribution in [3.8, 4) is 22.8 Å². The van der Waals surface area contributed by atoms with Gasteiger partial charge < -0.3 is 14.4 Å². The predicted molar refractivity (Wildman–Crippen MR) is 111 cm³/mol. The van der Waals surface area contributed by atoms with Crippen LogP contribution in [0.3, 0.4) is 0 Å². The number of rotatable bonds is 5. The minimum atomic E-state index is 0.0705. The van der Waals surface area contributed by atoms with Crippen molar-refractivity contribution in [2.75, 3.05) is 20.8 Å². The Bertz CT molecular complexity index is 1050. The van der Waals surface area contributed by atoms with Gasteiger partial charge in [-0.25, -0.2) is 0 Å². The van der Waals surface area contributed by atoms with Crippen LogP contribution in [0.1, 0.15) is 16.8 Å². The molecule has 0 saturated carbocycles. The van der Waals surface area contributed by atoms with Crippen LogP contribution in [0.15, 0.2) is 42.5 Å². The zero-order valence-electron chi connectivity index (χ0n) is 16.4. The minimum Gasteiger partial charge on any atom is -0.493 e. The van der Waals surface area contributed by atoms with Crippen molar-refractivity contribution in [3.63, 3.8) is 0 Å². The fourth-order valence-corrected chi connectivity index (χ4v) is 3.85. The number of fused-ring (bicyclic) bond motifs is 1. The van der Waals surface area contributed by atoms with Crippen molar-refractivity contribution in [1.82, 2.24) is 15.1 Å². The van der Waals surface area contributed by atoms with E-state index < -0.39 is 0 Å². The van der Waals surface area contributed by atoms with Gasteiger partial charge in [-0.15, -0.1) is 0 Å². The van der Waals surface area contributed by atoms with Gasteiger partial charge in [0.15, 0.2) is 11.5 Å².